The summed E-state index contributed by atoms with van der Waals surface area (Å²) in [4.78, 5) is 14.6. The molecule has 3 rings (SSSR count). The molecule has 0 aromatic rings. The average Bonchev–Trinajstić information content (AvgIpc) is 2.88. The Morgan fingerprint density at radius 1 is 1.16 bits per heavy atom. The van der Waals surface area contributed by atoms with Gasteiger partial charge in [-0.3, -0.25) is 4.79 Å². The number of carbonyl (C=O) groups excluding carboxylic acids is 1. The van der Waals surface area contributed by atoms with Crippen LogP contribution in [0.3, 0.4) is 0 Å². The Balaban J connectivity index is 0.00000133. The van der Waals surface area contributed by atoms with Crippen molar-refractivity contribution in [3.63, 3.8) is 0 Å². The van der Waals surface area contributed by atoms with Crippen molar-refractivity contribution in [2.24, 2.45) is 11.3 Å². The van der Waals surface area contributed by atoms with Crippen LogP contribution in [0.5, 0.6) is 0 Å². The standard InChI is InChI=1S/C14H24N2OS.ClH/c17-13(12-1-9-18-10-2-12)16-7-4-14(5-8-16)3-6-15-11-14;/h12,15H,1-11H2;1H. The van der Waals surface area contributed by atoms with Crippen molar-refractivity contribution in [1.29, 1.82) is 0 Å². The highest BCUT2D eigenvalue weighted by Crippen LogP contribution is 2.37. The Bertz CT molecular complexity index is 305. The Morgan fingerprint density at radius 3 is 2.42 bits per heavy atom. The predicted octanol–water partition coefficient (Wildman–Crippen LogP) is 2.15. The molecule has 19 heavy (non-hydrogen) atoms. The fourth-order valence-corrected chi connectivity index (χ4v) is 4.73. The number of likely N-dealkylation sites (tertiary alicyclic amines) is 1. The summed E-state index contributed by atoms with van der Waals surface area (Å²) in [6.45, 7) is 4.36. The van der Waals surface area contributed by atoms with E-state index in [0.717, 1.165) is 25.9 Å². The Hall–Kier alpha value is 0.0700. The van der Waals surface area contributed by atoms with Crippen LogP contribution in [0.2, 0.25) is 0 Å². The lowest BCUT2D eigenvalue weighted by atomic mass is 9.77. The highest BCUT2D eigenvalue weighted by molar-refractivity contribution is 7.99. The maximum absolute atomic E-state index is 12.5. The van der Waals surface area contributed by atoms with E-state index in [1.54, 1.807) is 0 Å². The number of amides is 1. The van der Waals surface area contributed by atoms with Crippen LogP contribution in [0.15, 0.2) is 0 Å². The lowest BCUT2D eigenvalue weighted by Gasteiger charge is -2.40. The first kappa shape index (κ1) is 15.5. The van der Waals surface area contributed by atoms with Gasteiger partial charge in [0, 0.05) is 25.6 Å². The molecule has 0 radical (unpaired) electrons. The molecule has 3 saturated heterocycles. The number of nitrogens with one attached hydrogen (secondary N) is 1. The molecule has 1 N–H and O–H groups in total. The molecule has 3 fully saturated rings. The molecule has 0 atom stereocenters. The lowest BCUT2D eigenvalue weighted by molar-refractivity contribution is -0.138. The number of hydrogen-bond donors (Lipinski definition) is 1. The number of piperidine rings is 1. The zero-order valence-electron chi connectivity index (χ0n) is 11.5. The highest BCUT2D eigenvalue weighted by atomic mass is 35.5. The van der Waals surface area contributed by atoms with Crippen molar-refractivity contribution >= 4 is 30.1 Å². The van der Waals surface area contributed by atoms with Crippen LogP contribution in [0, 0.1) is 11.3 Å². The second-order valence-corrected chi connectivity index (χ2v) is 7.36. The predicted molar refractivity (Wildman–Crippen MR) is 83.0 cm³/mol. The number of nitrogens with zero attached hydrogens (tertiary/aromatic N) is 1. The molecule has 1 spiro atoms. The van der Waals surface area contributed by atoms with Crippen molar-refractivity contribution in [3.8, 4) is 0 Å². The van der Waals surface area contributed by atoms with Gasteiger partial charge in [0.25, 0.3) is 0 Å². The molecule has 110 valence electrons. The molecule has 0 unspecified atom stereocenters. The highest BCUT2D eigenvalue weighted by Gasteiger charge is 2.39. The van der Waals surface area contributed by atoms with E-state index < -0.39 is 0 Å². The van der Waals surface area contributed by atoms with Crippen molar-refractivity contribution in [2.45, 2.75) is 32.1 Å². The SMILES string of the molecule is Cl.O=C(C1CCSCC1)N1CCC2(CCNC2)CC1. The monoisotopic (exact) mass is 304 g/mol. The van der Waals surface area contributed by atoms with Gasteiger partial charge < -0.3 is 10.2 Å². The summed E-state index contributed by atoms with van der Waals surface area (Å²) in [6.07, 6.45) is 5.95. The summed E-state index contributed by atoms with van der Waals surface area (Å²) >= 11 is 2.00. The zero-order chi connectivity index (χ0) is 12.4. The second kappa shape index (κ2) is 6.68. The fraction of sp³-hybridized carbons (Fsp3) is 0.929. The fourth-order valence-electron chi connectivity index (χ4n) is 3.63. The van der Waals surface area contributed by atoms with E-state index in [9.17, 15) is 4.79 Å². The van der Waals surface area contributed by atoms with Crippen LogP contribution in [0.1, 0.15) is 32.1 Å². The molecule has 3 heterocycles. The third-order valence-corrected chi connectivity index (χ3v) is 6.09. The van der Waals surface area contributed by atoms with Crippen molar-refractivity contribution in [2.75, 3.05) is 37.7 Å². The number of thioether (sulfide) groups is 1. The third-order valence-electron chi connectivity index (χ3n) is 5.04. The van der Waals surface area contributed by atoms with Crippen LogP contribution in [0.4, 0.5) is 0 Å². The number of hydrogen-bond acceptors (Lipinski definition) is 3. The van der Waals surface area contributed by atoms with Gasteiger partial charge in [0.15, 0.2) is 0 Å². The molecule has 0 aromatic carbocycles. The summed E-state index contributed by atoms with van der Waals surface area (Å²) in [5.41, 5.74) is 0.527. The average molecular weight is 305 g/mol. The molecule has 0 aromatic heterocycles. The van der Waals surface area contributed by atoms with E-state index in [2.05, 4.69) is 10.2 Å². The molecule has 0 bridgehead atoms. The lowest BCUT2D eigenvalue weighted by Crippen LogP contribution is -2.46. The van der Waals surface area contributed by atoms with Crippen molar-refractivity contribution in [3.05, 3.63) is 0 Å². The van der Waals surface area contributed by atoms with Crippen LogP contribution in [-0.2, 0) is 4.79 Å². The van der Waals surface area contributed by atoms with E-state index in [1.165, 1.54) is 43.9 Å². The number of rotatable bonds is 1. The van der Waals surface area contributed by atoms with Crippen molar-refractivity contribution in [1.82, 2.24) is 10.2 Å². The summed E-state index contributed by atoms with van der Waals surface area (Å²) in [5.74, 6) is 3.15. The summed E-state index contributed by atoms with van der Waals surface area (Å²) in [7, 11) is 0. The summed E-state index contributed by atoms with van der Waals surface area (Å²) < 4.78 is 0. The first-order chi connectivity index (χ1) is 8.79. The van der Waals surface area contributed by atoms with Gasteiger partial charge >= 0.3 is 0 Å². The largest absolute Gasteiger partial charge is 0.342 e. The molecule has 3 aliphatic heterocycles. The van der Waals surface area contributed by atoms with E-state index in [4.69, 9.17) is 0 Å². The molecule has 5 heteroatoms. The molecule has 1 amide bonds. The summed E-state index contributed by atoms with van der Waals surface area (Å²) in [5, 5.41) is 3.48. The molecule has 3 aliphatic rings. The quantitative estimate of drug-likeness (QED) is 0.806. The first-order valence-corrected chi connectivity index (χ1v) is 8.52. The van der Waals surface area contributed by atoms with Crippen LogP contribution in [-0.4, -0.2) is 48.5 Å². The topological polar surface area (TPSA) is 32.3 Å². The molecular weight excluding hydrogens is 280 g/mol. The van der Waals surface area contributed by atoms with Crippen molar-refractivity contribution < 1.29 is 4.79 Å². The van der Waals surface area contributed by atoms with Gasteiger partial charge in [-0.15, -0.1) is 12.4 Å². The Labute approximate surface area is 126 Å². The minimum Gasteiger partial charge on any atom is -0.342 e. The van der Waals surface area contributed by atoms with E-state index in [0.29, 0.717) is 17.2 Å². The molecule has 0 aliphatic carbocycles. The first-order valence-electron chi connectivity index (χ1n) is 7.36. The van der Waals surface area contributed by atoms with Gasteiger partial charge in [0.2, 0.25) is 5.91 Å². The van der Waals surface area contributed by atoms with Gasteiger partial charge in [0.1, 0.15) is 0 Å². The van der Waals surface area contributed by atoms with E-state index >= 15 is 0 Å². The van der Waals surface area contributed by atoms with Gasteiger partial charge in [-0.05, 0) is 55.6 Å². The maximum atomic E-state index is 12.5. The van der Waals surface area contributed by atoms with Gasteiger partial charge in [-0.1, -0.05) is 0 Å². The minimum absolute atomic E-state index is 0. The smallest absolute Gasteiger partial charge is 0.225 e. The van der Waals surface area contributed by atoms with Crippen LogP contribution >= 0.6 is 24.2 Å². The van der Waals surface area contributed by atoms with E-state index in [1.807, 2.05) is 11.8 Å². The van der Waals surface area contributed by atoms with Crippen LogP contribution in [0.25, 0.3) is 0 Å². The second-order valence-electron chi connectivity index (χ2n) is 6.14. The Morgan fingerprint density at radius 2 is 1.84 bits per heavy atom. The molecule has 0 saturated carbocycles. The molecular formula is C14H25ClN2OS. The zero-order valence-corrected chi connectivity index (χ0v) is 13.2. The van der Waals surface area contributed by atoms with Gasteiger partial charge in [-0.2, -0.15) is 11.8 Å². The Kier molecular flexibility index (Phi) is 5.44. The normalized spacial score (nSPS) is 27.3. The molecule has 3 nitrogen and oxygen atoms in total. The van der Waals surface area contributed by atoms with E-state index in [-0.39, 0.29) is 12.4 Å². The number of halogens is 1. The van der Waals surface area contributed by atoms with Gasteiger partial charge in [0.05, 0.1) is 0 Å². The minimum atomic E-state index is 0. The third kappa shape index (κ3) is 3.40. The van der Waals surface area contributed by atoms with Gasteiger partial charge in [-0.25, -0.2) is 0 Å². The number of carbonyl (C=O) groups is 1. The van der Waals surface area contributed by atoms with Crippen LogP contribution < -0.4 is 5.32 Å². The summed E-state index contributed by atoms with van der Waals surface area (Å²) in [6, 6.07) is 0. The maximum Gasteiger partial charge on any atom is 0.225 e.